The molecule has 0 bridgehead atoms. The number of rotatable bonds is 4. The summed E-state index contributed by atoms with van der Waals surface area (Å²) in [7, 11) is -3.63. The molecule has 114 valence electrons. The standard InChI is InChI=1S/C14H18N2O4S/c1-10-6-13(5-4-11(10)7-15)21(17,18)16-8-12-9-19-14(2,3)20-12/h4-6,12,16H,8-9H2,1-3H3. The Bertz CT molecular complexity index is 677. The lowest BCUT2D eigenvalue weighted by Gasteiger charge is -2.17. The molecule has 1 aliphatic rings. The van der Waals surface area contributed by atoms with Gasteiger partial charge in [0.25, 0.3) is 0 Å². The predicted octanol–water partition coefficient (Wildman–Crippen LogP) is 1.30. The van der Waals surface area contributed by atoms with E-state index in [1.54, 1.807) is 20.8 Å². The van der Waals surface area contributed by atoms with Crippen LogP contribution in [-0.2, 0) is 19.5 Å². The Labute approximate surface area is 124 Å². The van der Waals surface area contributed by atoms with E-state index < -0.39 is 15.8 Å². The van der Waals surface area contributed by atoms with Crippen molar-refractivity contribution >= 4 is 10.0 Å². The molecule has 0 aromatic heterocycles. The lowest BCUT2D eigenvalue weighted by Crippen LogP contribution is -2.34. The van der Waals surface area contributed by atoms with Crippen molar-refractivity contribution in [1.82, 2.24) is 4.72 Å². The van der Waals surface area contributed by atoms with Gasteiger partial charge >= 0.3 is 0 Å². The van der Waals surface area contributed by atoms with Gasteiger partial charge in [-0.05, 0) is 44.5 Å². The number of ether oxygens (including phenoxy) is 2. The van der Waals surface area contributed by atoms with Gasteiger partial charge in [-0.15, -0.1) is 0 Å². The zero-order chi connectivity index (χ0) is 15.7. The van der Waals surface area contributed by atoms with Crippen molar-refractivity contribution in [2.45, 2.75) is 37.6 Å². The van der Waals surface area contributed by atoms with E-state index in [0.717, 1.165) is 0 Å². The summed E-state index contributed by atoms with van der Waals surface area (Å²) in [5, 5.41) is 8.86. The van der Waals surface area contributed by atoms with Gasteiger partial charge in [-0.3, -0.25) is 0 Å². The summed E-state index contributed by atoms with van der Waals surface area (Å²) < 4.78 is 37.9. The first-order valence-electron chi connectivity index (χ1n) is 6.56. The van der Waals surface area contributed by atoms with Crippen molar-refractivity contribution in [2.24, 2.45) is 0 Å². The summed E-state index contributed by atoms with van der Waals surface area (Å²) in [6, 6.07) is 6.41. The minimum absolute atomic E-state index is 0.136. The van der Waals surface area contributed by atoms with Gasteiger partial charge in [-0.2, -0.15) is 5.26 Å². The summed E-state index contributed by atoms with van der Waals surface area (Å²) in [5.74, 6) is -0.679. The lowest BCUT2D eigenvalue weighted by molar-refractivity contribution is -0.137. The van der Waals surface area contributed by atoms with Crippen molar-refractivity contribution in [3.63, 3.8) is 0 Å². The van der Waals surface area contributed by atoms with Gasteiger partial charge < -0.3 is 9.47 Å². The molecule has 0 radical (unpaired) electrons. The van der Waals surface area contributed by atoms with Gasteiger partial charge in [0.15, 0.2) is 5.79 Å². The first-order chi connectivity index (χ1) is 9.73. The molecule has 1 heterocycles. The van der Waals surface area contributed by atoms with Crippen LogP contribution in [0.1, 0.15) is 25.0 Å². The monoisotopic (exact) mass is 310 g/mol. The normalized spacial score (nSPS) is 21.1. The third-order valence-electron chi connectivity index (χ3n) is 3.20. The van der Waals surface area contributed by atoms with Gasteiger partial charge in [0.2, 0.25) is 10.0 Å². The van der Waals surface area contributed by atoms with Crippen molar-refractivity contribution in [3.8, 4) is 6.07 Å². The number of hydrogen-bond donors (Lipinski definition) is 1. The molecule has 1 fully saturated rings. The van der Waals surface area contributed by atoms with Crippen LogP contribution in [0.2, 0.25) is 0 Å². The van der Waals surface area contributed by atoms with E-state index in [1.165, 1.54) is 18.2 Å². The summed E-state index contributed by atoms with van der Waals surface area (Å²) in [4.78, 5) is 0.136. The third kappa shape index (κ3) is 3.80. The highest BCUT2D eigenvalue weighted by Gasteiger charge is 2.33. The van der Waals surface area contributed by atoms with E-state index in [0.29, 0.717) is 17.7 Å². The second kappa shape index (κ2) is 5.73. The Hall–Kier alpha value is -1.46. The summed E-state index contributed by atoms with van der Waals surface area (Å²) in [5.41, 5.74) is 1.09. The van der Waals surface area contributed by atoms with Crippen LogP contribution < -0.4 is 4.72 Å². The maximum atomic E-state index is 12.2. The molecule has 0 saturated carbocycles. The zero-order valence-electron chi connectivity index (χ0n) is 12.2. The van der Waals surface area contributed by atoms with Crippen molar-refractivity contribution in [1.29, 1.82) is 5.26 Å². The van der Waals surface area contributed by atoms with Crippen LogP contribution in [0, 0.1) is 18.3 Å². The second-order valence-corrected chi connectivity index (χ2v) is 7.16. The number of nitriles is 1. The predicted molar refractivity (Wildman–Crippen MR) is 76.0 cm³/mol. The third-order valence-corrected chi connectivity index (χ3v) is 4.62. The van der Waals surface area contributed by atoms with E-state index in [-0.39, 0.29) is 17.5 Å². The van der Waals surface area contributed by atoms with Crippen LogP contribution >= 0.6 is 0 Å². The highest BCUT2D eigenvalue weighted by molar-refractivity contribution is 7.89. The molecule has 1 N–H and O–H groups in total. The number of sulfonamides is 1. The van der Waals surface area contributed by atoms with Gasteiger partial charge in [-0.25, -0.2) is 13.1 Å². The number of hydrogen-bond acceptors (Lipinski definition) is 5. The van der Waals surface area contributed by atoms with Crippen LogP contribution in [-0.4, -0.2) is 33.5 Å². The molecular formula is C14H18N2O4S. The van der Waals surface area contributed by atoms with Crippen LogP contribution in [0.5, 0.6) is 0 Å². The molecule has 1 aromatic carbocycles. The molecule has 0 amide bonds. The quantitative estimate of drug-likeness (QED) is 0.905. The smallest absolute Gasteiger partial charge is 0.240 e. The molecule has 1 atom stereocenters. The Kier molecular flexibility index (Phi) is 4.35. The summed E-state index contributed by atoms with van der Waals surface area (Å²) >= 11 is 0. The highest BCUT2D eigenvalue weighted by atomic mass is 32.2. The van der Waals surface area contributed by atoms with Gasteiger partial charge in [0.1, 0.15) is 0 Å². The topological polar surface area (TPSA) is 88.4 Å². The SMILES string of the molecule is Cc1cc(S(=O)(=O)NCC2COC(C)(C)O2)ccc1C#N. The first-order valence-corrected chi connectivity index (χ1v) is 8.04. The van der Waals surface area contributed by atoms with Crippen molar-refractivity contribution in [2.75, 3.05) is 13.2 Å². The highest BCUT2D eigenvalue weighted by Crippen LogP contribution is 2.22. The van der Waals surface area contributed by atoms with E-state index in [4.69, 9.17) is 14.7 Å². The fraction of sp³-hybridized carbons (Fsp3) is 0.500. The Morgan fingerprint density at radius 3 is 2.71 bits per heavy atom. The number of nitrogens with zero attached hydrogens (tertiary/aromatic N) is 1. The minimum Gasteiger partial charge on any atom is -0.348 e. The molecule has 1 saturated heterocycles. The van der Waals surface area contributed by atoms with Crippen LogP contribution in [0.4, 0.5) is 0 Å². The van der Waals surface area contributed by atoms with E-state index in [2.05, 4.69) is 4.72 Å². The molecule has 6 nitrogen and oxygen atoms in total. The molecule has 0 aliphatic carbocycles. The molecular weight excluding hydrogens is 292 g/mol. The lowest BCUT2D eigenvalue weighted by atomic mass is 10.1. The Balaban J connectivity index is 2.06. The first kappa shape index (κ1) is 15.9. The van der Waals surface area contributed by atoms with E-state index >= 15 is 0 Å². The summed E-state index contributed by atoms with van der Waals surface area (Å²) in [6.45, 7) is 5.76. The zero-order valence-corrected chi connectivity index (χ0v) is 13.0. The fourth-order valence-electron chi connectivity index (χ4n) is 2.08. The number of aryl methyl sites for hydroxylation is 1. The van der Waals surface area contributed by atoms with Crippen molar-refractivity contribution in [3.05, 3.63) is 29.3 Å². The number of nitrogens with one attached hydrogen (secondary N) is 1. The largest absolute Gasteiger partial charge is 0.348 e. The molecule has 7 heteroatoms. The van der Waals surface area contributed by atoms with Crippen LogP contribution in [0.25, 0.3) is 0 Å². The molecule has 21 heavy (non-hydrogen) atoms. The average molecular weight is 310 g/mol. The number of benzene rings is 1. The maximum absolute atomic E-state index is 12.2. The maximum Gasteiger partial charge on any atom is 0.240 e. The van der Waals surface area contributed by atoms with E-state index in [9.17, 15) is 8.42 Å². The van der Waals surface area contributed by atoms with E-state index in [1.807, 2.05) is 6.07 Å². The Morgan fingerprint density at radius 2 is 2.19 bits per heavy atom. The van der Waals surface area contributed by atoms with Crippen LogP contribution in [0.3, 0.4) is 0 Å². The molecule has 2 rings (SSSR count). The fourth-order valence-corrected chi connectivity index (χ4v) is 3.23. The molecule has 0 spiro atoms. The Morgan fingerprint density at radius 1 is 1.48 bits per heavy atom. The molecule has 1 aromatic rings. The van der Waals surface area contributed by atoms with Crippen molar-refractivity contribution < 1.29 is 17.9 Å². The summed E-state index contributed by atoms with van der Waals surface area (Å²) in [6.07, 6.45) is -0.311. The van der Waals surface area contributed by atoms with Crippen LogP contribution in [0.15, 0.2) is 23.1 Å². The molecule has 1 aliphatic heterocycles. The molecule has 1 unspecified atom stereocenters. The van der Waals surface area contributed by atoms with Gasteiger partial charge in [-0.1, -0.05) is 0 Å². The van der Waals surface area contributed by atoms with Gasteiger partial charge in [0, 0.05) is 6.54 Å². The second-order valence-electron chi connectivity index (χ2n) is 5.39. The van der Waals surface area contributed by atoms with Gasteiger partial charge in [0.05, 0.1) is 29.2 Å². The minimum atomic E-state index is -3.63. The average Bonchev–Trinajstić information content (AvgIpc) is 2.76.